The fourth-order valence-electron chi connectivity index (χ4n) is 2.63. The Labute approximate surface area is 118 Å². The number of hydrogen-bond donors (Lipinski definition) is 1. The third-order valence-electron chi connectivity index (χ3n) is 3.65. The lowest BCUT2D eigenvalue weighted by molar-refractivity contribution is 0.757. The number of fused-ring (bicyclic) bond motifs is 1. The van der Waals surface area contributed by atoms with Gasteiger partial charge in [0.1, 0.15) is 11.9 Å². The molecule has 1 aliphatic rings. The standard InChI is InChI=1S/C16H16N4/c17-11-14-13(18)8-9-16(19-14)20-10-4-3-6-12-5-1-2-7-15(12)20/h1-2,5,7-9H,3-4,6,10,18H2. The molecule has 0 spiro atoms. The van der Waals surface area contributed by atoms with Crippen LogP contribution >= 0.6 is 0 Å². The molecule has 0 radical (unpaired) electrons. The minimum absolute atomic E-state index is 0.296. The van der Waals surface area contributed by atoms with Crippen LogP contribution in [-0.2, 0) is 6.42 Å². The molecular weight excluding hydrogens is 248 g/mol. The lowest BCUT2D eigenvalue weighted by Gasteiger charge is -2.24. The van der Waals surface area contributed by atoms with Gasteiger partial charge in [-0.25, -0.2) is 4.98 Å². The van der Waals surface area contributed by atoms with Crippen LogP contribution in [0.2, 0.25) is 0 Å². The number of aromatic nitrogens is 1. The summed E-state index contributed by atoms with van der Waals surface area (Å²) in [6.45, 7) is 0.915. The maximum absolute atomic E-state index is 9.08. The van der Waals surface area contributed by atoms with Crippen LogP contribution in [0.4, 0.5) is 17.2 Å². The van der Waals surface area contributed by atoms with Gasteiger partial charge in [-0.1, -0.05) is 18.2 Å². The maximum atomic E-state index is 9.08. The van der Waals surface area contributed by atoms with Gasteiger partial charge in [-0.15, -0.1) is 0 Å². The first-order valence-electron chi connectivity index (χ1n) is 6.81. The minimum Gasteiger partial charge on any atom is -0.396 e. The molecule has 100 valence electrons. The van der Waals surface area contributed by atoms with E-state index < -0.39 is 0 Å². The van der Waals surface area contributed by atoms with Gasteiger partial charge in [0.05, 0.1) is 5.69 Å². The van der Waals surface area contributed by atoms with Crippen molar-refractivity contribution in [1.29, 1.82) is 5.26 Å². The molecule has 20 heavy (non-hydrogen) atoms. The van der Waals surface area contributed by atoms with E-state index in [1.807, 2.05) is 12.1 Å². The number of aryl methyl sites for hydroxylation is 1. The van der Waals surface area contributed by atoms with Gasteiger partial charge in [-0.2, -0.15) is 5.26 Å². The molecule has 2 N–H and O–H groups in total. The molecule has 0 atom stereocenters. The number of para-hydroxylation sites is 1. The number of pyridine rings is 1. The lowest BCUT2D eigenvalue weighted by atomic mass is 10.1. The molecule has 0 amide bonds. The maximum Gasteiger partial charge on any atom is 0.165 e. The highest BCUT2D eigenvalue weighted by Gasteiger charge is 2.18. The van der Waals surface area contributed by atoms with E-state index in [1.165, 1.54) is 17.7 Å². The number of nitrogen functional groups attached to an aromatic ring is 1. The molecule has 0 aliphatic carbocycles. The van der Waals surface area contributed by atoms with E-state index in [1.54, 1.807) is 6.07 Å². The van der Waals surface area contributed by atoms with Crippen LogP contribution in [0, 0.1) is 11.3 Å². The van der Waals surface area contributed by atoms with Crippen molar-refractivity contribution in [2.75, 3.05) is 17.2 Å². The van der Waals surface area contributed by atoms with E-state index in [-0.39, 0.29) is 0 Å². The van der Waals surface area contributed by atoms with E-state index >= 15 is 0 Å². The first-order chi connectivity index (χ1) is 9.79. The molecular formula is C16H16N4. The van der Waals surface area contributed by atoms with E-state index in [2.05, 4.69) is 34.2 Å². The Morgan fingerprint density at radius 3 is 2.85 bits per heavy atom. The second-order valence-electron chi connectivity index (χ2n) is 4.96. The molecule has 0 fully saturated rings. The number of benzene rings is 1. The van der Waals surface area contributed by atoms with Crippen molar-refractivity contribution >= 4 is 17.2 Å². The smallest absolute Gasteiger partial charge is 0.165 e. The number of rotatable bonds is 1. The summed E-state index contributed by atoms with van der Waals surface area (Å²) in [6.07, 6.45) is 3.38. The van der Waals surface area contributed by atoms with Crippen molar-refractivity contribution in [3.63, 3.8) is 0 Å². The molecule has 1 aromatic carbocycles. The molecule has 4 nitrogen and oxygen atoms in total. The van der Waals surface area contributed by atoms with Crippen LogP contribution in [-0.4, -0.2) is 11.5 Å². The number of hydrogen-bond acceptors (Lipinski definition) is 4. The molecule has 2 heterocycles. The van der Waals surface area contributed by atoms with Gasteiger partial charge in [0.15, 0.2) is 5.69 Å². The summed E-state index contributed by atoms with van der Waals surface area (Å²) in [5.74, 6) is 0.796. The zero-order chi connectivity index (χ0) is 13.9. The Kier molecular flexibility index (Phi) is 3.26. The minimum atomic E-state index is 0.296. The van der Waals surface area contributed by atoms with E-state index in [9.17, 15) is 0 Å². The zero-order valence-electron chi connectivity index (χ0n) is 11.2. The van der Waals surface area contributed by atoms with Crippen LogP contribution in [0.3, 0.4) is 0 Å². The van der Waals surface area contributed by atoms with Crippen molar-refractivity contribution in [1.82, 2.24) is 4.98 Å². The summed E-state index contributed by atoms with van der Waals surface area (Å²) in [5, 5.41) is 9.08. The van der Waals surface area contributed by atoms with Crippen LogP contribution < -0.4 is 10.6 Å². The Morgan fingerprint density at radius 1 is 1.15 bits per heavy atom. The van der Waals surface area contributed by atoms with Gasteiger partial charge in [0.2, 0.25) is 0 Å². The van der Waals surface area contributed by atoms with Crippen molar-refractivity contribution in [3.05, 3.63) is 47.7 Å². The van der Waals surface area contributed by atoms with E-state index in [4.69, 9.17) is 11.0 Å². The Hall–Kier alpha value is -2.54. The molecule has 3 rings (SSSR count). The third-order valence-corrected chi connectivity index (χ3v) is 3.65. The van der Waals surface area contributed by atoms with Crippen molar-refractivity contribution in [3.8, 4) is 6.07 Å². The Morgan fingerprint density at radius 2 is 2.00 bits per heavy atom. The van der Waals surface area contributed by atoms with Gasteiger partial charge in [-0.3, -0.25) is 0 Å². The number of nitriles is 1. The molecule has 0 saturated heterocycles. The number of anilines is 3. The average molecular weight is 264 g/mol. The number of nitrogens with zero attached hydrogens (tertiary/aromatic N) is 3. The molecule has 4 heteroatoms. The van der Waals surface area contributed by atoms with Crippen LogP contribution in [0.25, 0.3) is 0 Å². The Bertz CT molecular complexity index is 672. The third kappa shape index (κ3) is 2.19. The fraction of sp³-hybridized carbons (Fsp3) is 0.250. The SMILES string of the molecule is N#Cc1nc(N2CCCCc3ccccc32)ccc1N. The summed E-state index contributed by atoms with van der Waals surface area (Å²) < 4.78 is 0. The zero-order valence-corrected chi connectivity index (χ0v) is 11.2. The van der Waals surface area contributed by atoms with Crippen LogP contribution in [0.1, 0.15) is 24.1 Å². The quantitative estimate of drug-likeness (QED) is 0.859. The molecule has 0 bridgehead atoms. The summed E-state index contributed by atoms with van der Waals surface area (Å²) in [4.78, 5) is 6.58. The summed E-state index contributed by atoms with van der Waals surface area (Å²) in [5.41, 5.74) is 9.00. The van der Waals surface area contributed by atoms with Gasteiger partial charge in [-0.05, 0) is 43.0 Å². The molecule has 2 aromatic rings. The van der Waals surface area contributed by atoms with Gasteiger partial charge in [0, 0.05) is 12.2 Å². The predicted octanol–water partition coefficient (Wildman–Crippen LogP) is 3.01. The topological polar surface area (TPSA) is 65.9 Å². The van der Waals surface area contributed by atoms with Gasteiger partial charge < -0.3 is 10.6 Å². The van der Waals surface area contributed by atoms with Gasteiger partial charge in [0.25, 0.3) is 0 Å². The second-order valence-corrected chi connectivity index (χ2v) is 4.96. The normalized spacial score (nSPS) is 14.2. The van der Waals surface area contributed by atoms with Crippen molar-refractivity contribution < 1.29 is 0 Å². The molecule has 1 aromatic heterocycles. The van der Waals surface area contributed by atoms with Crippen molar-refractivity contribution in [2.24, 2.45) is 0 Å². The highest BCUT2D eigenvalue weighted by Crippen LogP contribution is 2.32. The van der Waals surface area contributed by atoms with Crippen molar-refractivity contribution in [2.45, 2.75) is 19.3 Å². The average Bonchev–Trinajstić information content (AvgIpc) is 2.70. The Balaban J connectivity index is 2.08. The van der Waals surface area contributed by atoms with Crippen LogP contribution in [0.15, 0.2) is 36.4 Å². The monoisotopic (exact) mass is 264 g/mol. The molecule has 0 saturated carbocycles. The fourth-order valence-corrected chi connectivity index (χ4v) is 2.63. The first-order valence-corrected chi connectivity index (χ1v) is 6.81. The largest absolute Gasteiger partial charge is 0.396 e. The molecule has 1 aliphatic heterocycles. The summed E-state index contributed by atoms with van der Waals surface area (Å²) in [7, 11) is 0. The second kappa shape index (κ2) is 5.22. The highest BCUT2D eigenvalue weighted by molar-refractivity contribution is 5.66. The van der Waals surface area contributed by atoms with Gasteiger partial charge >= 0.3 is 0 Å². The number of nitrogens with two attached hydrogens (primary N) is 1. The van der Waals surface area contributed by atoms with Crippen LogP contribution in [0.5, 0.6) is 0 Å². The highest BCUT2D eigenvalue weighted by atomic mass is 15.2. The predicted molar refractivity (Wildman–Crippen MR) is 79.8 cm³/mol. The van der Waals surface area contributed by atoms with E-state index in [0.717, 1.165) is 25.2 Å². The molecule has 0 unspecified atom stereocenters. The summed E-state index contributed by atoms with van der Waals surface area (Å²) in [6, 6.07) is 14.1. The first kappa shape index (κ1) is 12.5. The summed E-state index contributed by atoms with van der Waals surface area (Å²) >= 11 is 0. The lowest BCUT2D eigenvalue weighted by Crippen LogP contribution is -2.19. The van der Waals surface area contributed by atoms with E-state index in [0.29, 0.717) is 11.4 Å².